The highest BCUT2D eigenvalue weighted by Crippen LogP contribution is 2.39. The lowest BCUT2D eigenvalue weighted by molar-refractivity contribution is -0.384. The number of aryl methyl sites for hydroxylation is 1. The Morgan fingerprint density at radius 1 is 1.12 bits per heavy atom. The van der Waals surface area contributed by atoms with Gasteiger partial charge in [-0.25, -0.2) is 0 Å². The lowest BCUT2D eigenvalue weighted by atomic mass is 9.97. The van der Waals surface area contributed by atoms with Crippen LogP contribution >= 0.6 is 0 Å². The summed E-state index contributed by atoms with van der Waals surface area (Å²) < 4.78 is 11.4. The first kappa shape index (κ1) is 21.3. The molecule has 0 bridgehead atoms. The fourth-order valence-electron chi connectivity index (χ4n) is 4.38. The molecule has 1 aromatic heterocycles. The molecule has 4 atom stereocenters. The molecule has 2 aromatic carbocycles. The number of aliphatic hydroxyl groups excluding tert-OH is 2. The normalized spacial score (nSPS) is 24.8. The molecule has 0 radical (unpaired) electrons. The number of non-ortho nitro benzene ring substituents is 1. The van der Waals surface area contributed by atoms with Gasteiger partial charge >= 0.3 is 0 Å². The van der Waals surface area contributed by atoms with E-state index in [0.717, 1.165) is 22.5 Å². The van der Waals surface area contributed by atoms with Crippen LogP contribution in [0.3, 0.4) is 0 Å². The van der Waals surface area contributed by atoms with Gasteiger partial charge in [0.2, 0.25) is 0 Å². The number of furan rings is 1. The maximum absolute atomic E-state index is 11.3. The second kappa shape index (κ2) is 8.43. The summed E-state index contributed by atoms with van der Waals surface area (Å²) >= 11 is 0. The summed E-state index contributed by atoms with van der Waals surface area (Å²) in [5.74, 6) is 1.05. The van der Waals surface area contributed by atoms with Crippen LogP contribution in [0.1, 0.15) is 41.2 Å². The predicted octanol–water partition coefficient (Wildman–Crippen LogP) is 3.65. The number of rotatable bonds is 5. The Bertz CT molecular complexity index is 1210. The van der Waals surface area contributed by atoms with Crippen molar-refractivity contribution in [1.29, 1.82) is 0 Å². The molecule has 3 heterocycles. The van der Waals surface area contributed by atoms with Crippen LogP contribution in [-0.4, -0.2) is 39.7 Å². The fourth-order valence-corrected chi connectivity index (χ4v) is 4.38. The summed E-state index contributed by atoms with van der Waals surface area (Å²) in [6, 6.07) is 17.8. The monoisotopic (exact) mass is 449 g/mol. The average Bonchev–Trinajstić information content (AvgIpc) is 3.52. The number of nitro groups is 1. The molecule has 9 nitrogen and oxygen atoms in total. The molecular formula is C24H23N3O6. The fraction of sp³-hybridized carbons (Fsp3) is 0.292. The molecule has 5 rings (SSSR count). The number of aliphatic hydroxyl groups is 2. The van der Waals surface area contributed by atoms with E-state index < -0.39 is 23.2 Å². The van der Waals surface area contributed by atoms with Gasteiger partial charge in [0.1, 0.15) is 29.8 Å². The lowest BCUT2D eigenvalue weighted by Crippen LogP contribution is -2.24. The second-order valence-corrected chi connectivity index (χ2v) is 8.23. The standard InChI is InChI=1S/C24H23N3O6/c1-14-18(11-22(33-14)24-23(29)21(28)13-32-24)19-12-20(15-6-5-9-17(10-15)27(30)31)26(25-19)16-7-3-2-4-8-16/h2-11,20-21,23-24,28-29H,12-13H2,1H3/t20?,21-,23-,24+/m1/s1. The summed E-state index contributed by atoms with van der Waals surface area (Å²) in [5, 5.41) is 38.1. The van der Waals surface area contributed by atoms with E-state index in [9.17, 15) is 20.3 Å². The van der Waals surface area contributed by atoms with Gasteiger partial charge in [0.05, 0.1) is 29.0 Å². The Labute approximate surface area is 189 Å². The molecule has 170 valence electrons. The third-order valence-corrected chi connectivity index (χ3v) is 6.08. The van der Waals surface area contributed by atoms with Gasteiger partial charge in [0.15, 0.2) is 0 Å². The molecule has 0 aliphatic carbocycles. The van der Waals surface area contributed by atoms with E-state index in [1.807, 2.05) is 48.3 Å². The molecule has 2 aliphatic rings. The van der Waals surface area contributed by atoms with E-state index in [0.29, 0.717) is 17.9 Å². The van der Waals surface area contributed by atoms with Crippen LogP contribution in [0.5, 0.6) is 0 Å². The number of nitrogens with zero attached hydrogens (tertiary/aromatic N) is 3. The van der Waals surface area contributed by atoms with Crippen molar-refractivity contribution in [2.75, 3.05) is 11.6 Å². The zero-order valence-corrected chi connectivity index (χ0v) is 17.9. The molecule has 9 heteroatoms. The van der Waals surface area contributed by atoms with Crippen molar-refractivity contribution in [2.24, 2.45) is 5.10 Å². The lowest BCUT2D eigenvalue weighted by Gasteiger charge is -2.23. The Morgan fingerprint density at radius 2 is 1.91 bits per heavy atom. The molecule has 1 unspecified atom stereocenters. The van der Waals surface area contributed by atoms with Crippen molar-refractivity contribution in [1.82, 2.24) is 0 Å². The summed E-state index contributed by atoms with van der Waals surface area (Å²) in [4.78, 5) is 10.9. The van der Waals surface area contributed by atoms with Gasteiger partial charge < -0.3 is 19.4 Å². The van der Waals surface area contributed by atoms with Crippen LogP contribution in [0.15, 0.2) is 70.2 Å². The first-order valence-electron chi connectivity index (χ1n) is 10.7. The predicted molar refractivity (Wildman–Crippen MR) is 120 cm³/mol. The Kier molecular flexibility index (Phi) is 5.45. The van der Waals surface area contributed by atoms with Crippen LogP contribution in [0, 0.1) is 17.0 Å². The van der Waals surface area contributed by atoms with Crippen LogP contribution in [0.4, 0.5) is 11.4 Å². The molecule has 2 N–H and O–H groups in total. The maximum atomic E-state index is 11.3. The largest absolute Gasteiger partial charge is 0.463 e. The molecule has 1 saturated heterocycles. The van der Waals surface area contributed by atoms with Gasteiger partial charge in [-0.2, -0.15) is 5.10 Å². The smallest absolute Gasteiger partial charge is 0.269 e. The van der Waals surface area contributed by atoms with Crippen molar-refractivity contribution in [3.8, 4) is 0 Å². The molecule has 3 aromatic rings. The highest BCUT2D eigenvalue weighted by atomic mass is 16.6. The summed E-state index contributed by atoms with van der Waals surface area (Å²) in [6.45, 7) is 1.85. The minimum Gasteiger partial charge on any atom is -0.463 e. The van der Waals surface area contributed by atoms with Crippen LogP contribution < -0.4 is 5.01 Å². The molecule has 1 fully saturated rings. The minimum atomic E-state index is -1.06. The molecule has 0 amide bonds. The van der Waals surface area contributed by atoms with Gasteiger partial charge in [-0.15, -0.1) is 0 Å². The van der Waals surface area contributed by atoms with Gasteiger partial charge in [-0.3, -0.25) is 15.1 Å². The molecule has 0 saturated carbocycles. The van der Waals surface area contributed by atoms with E-state index >= 15 is 0 Å². The molecule has 0 spiro atoms. The van der Waals surface area contributed by atoms with Gasteiger partial charge in [0, 0.05) is 24.1 Å². The van der Waals surface area contributed by atoms with E-state index in [-0.39, 0.29) is 18.3 Å². The molecule has 33 heavy (non-hydrogen) atoms. The Balaban J connectivity index is 1.52. The highest BCUT2D eigenvalue weighted by molar-refractivity contribution is 6.04. The third-order valence-electron chi connectivity index (χ3n) is 6.08. The topological polar surface area (TPSA) is 122 Å². The number of hydrogen-bond acceptors (Lipinski definition) is 8. The SMILES string of the molecule is Cc1oc([C@@H]2OC[C@@H](O)[C@H]2O)cc1C1=NN(c2ccccc2)C(c2cccc([N+](=O)[O-])c2)C1. The summed E-state index contributed by atoms with van der Waals surface area (Å²) in [7, 11) is 0. The third kappa shape index (κ3) is 3.91. The first-order chi connectivity index (χ1) is 15.9. The Morgan fingerprint density at radius 3 is 2.61 bits per heavy atom. The number of benzene rings is 2. The van der Waals surface area contributed by atoms with Crippen molar-refractivity contribution in [2.45, 2.75) is 37.7 Å². The highest BCUT2D eigenvalue weighted by Gasteiger charge is 2.39. The summed E-state index contributed by atoms with van der Waals surface area (Å²) in [6.07, 6.45) is -2.26. The van der Waals surface area contributed by atoms with Gasteiger partial charge in [0.25, 0.3) is 5.69 Å². The second-order valence-electron chi connectivity index (χ2n) is 8.23. The zero-order valence-electron chi connectivity index (χ0n) is 17.9. The van der Waals surface area contributed by atoms with Crippen molar-refractivity contribution in [3.63, 3.8) is 0 Å². The van der Waals surface area contributed by atoms with E-state index in [2.05, 4.69) is 0 Å². The van der Waals surface area contributed by atoms with Crippen molar-refractivity contribution >= 4 is 17.1 Å². The van der Waals surface area contributed by atoms with E-state index in [4.69, 9.17) is 14.3 Å². The quantitative estimate of drug-likeness (QED) is 0.450. The molecule has 2 aliphatic heterocycles. The number of ether oxygens (including phenoxy) is 1. The molecular weight excluding hydrogens is 426 g/mol. The van der Waals surface area contributed by atoms with Gasteiger partial charge in [-0.1, -0.05) is 30.3 Å². The average molecular weight is 449 g/mol. The van der Waals surface area contributed by atoms with Crippen LogP contribution in [-0.2, 0) is 4.74 Å². The first-order valence-corrected chi connectivity index (χ1v) is 10.7. The number of para-hydroxylation sites is 1. The van der Waals surface area contributed by atoms with Gasteiger partial charge in [-0.05, 0) is 30.7 Å². The minimum absolute atomic E-state index is 0.0293. The van der Waals surface area contributed by atoms with E-state index in [1.165, 1.54) is 6.07 Å². The number of hydrogen-bond donors (Lipinski definition) is 2. The summed E-state index contributed by atoms with van der Waals surface area (Å²) in [5.41, 5.74) is 3.21. The number of hydrazone groups is 1. The van der Waals surface area contributed by atoms with Crippen LogP contribution in [0.25, 0.3) is 0 Å². The van der Waals surface area contributed by atoms with Crippen molar-refractivity contribution < 1.29 is 24.3 Å². The number of nitro benzene ring substituents is 1. The van der Waals surface area contributed by atoms with Crippen molar-refractivity contribution in [3.05, 3.63) is 93.4 Å². The Hall–Kier alpha value is -3.53. The van der Waals surface area contributed by atoms with E-state index in [1.54, 1.807) is 18.2 Å². The zero-order chi connectivity index (χ0) is 23.1. The maximum Gasteiger partial charge on any atom is 0.269 e. The van der Waals surface area contributed by atoms with Crippen LogP contribution in [0.2, 0.25) is 0 Å². The number of anilines is 1.